The minimum absolute atomic E-state index is 0.00461. The first-order valence-corrected chi connectivity index (χ1v) is 9.69. The molecule has 0 radical (unpaired) electrons. The molecule has 4 heteroatoms. The Balaban J connectivity index is 1.38. The number of benzene rings is 2. The Kier molecular flexibility index (Phi) is 4.05. The first-order chi connectivity index (χ1) is 13.7. The van der Waals surface area contributed by atoms with Gasteiger partial charge in [0.1, 0.15) is 0 Å². The van der Waals surface area contributed by atoms with Gasteiger partial charge in [-0.2, -0.15) is 0 Å². The number of hydrogen-bond acceptors (Lipinski definition) is 3. The molecule has 2 heterocycles. The van der Waals surface area contributed by atoms with Crippen LogP contribution in [0, 0.1) is 12.8 Å². The molecule has 1 N–H and O–H groups in total. The Morgan fingerprint density at radius 1 is 1.00 bits per heavy atom. The van der Waals surface area contributed by atoms with Gasteiger partial charge in [0.05, 0.1) is 17.3 Å². The first-order valence-electron chi connectivity index (χ1n) is 9.69. The van der Waals surface area contributed by atoms with Gasteiger partial charge < -0.3 is 5.32 Å². The lowest BCUT2D eigenvalue weighted by Crippen LogP contribution is -2.25. The van der Waals surface area contributed by atoms with Crippen molar-refractivity contribution >= 4 is 29.1 Å². The molecule has 28 heavy (non-hydrogen) atoms. The third-order valence-corrected chi connectivity index (χ3v) is 5.41. The predicted octanol–water partition coefficient (Wildman–Crippen LogP) is 4.42. The predicted molar refractivity (Wildman–Crippen MR) is 113 cm³/mol. The zero-order valence-electron chi connectivity index (χ0n) is 15.7. The summed E-state index contributed by atoms with van der Waals surface area (Å²) in [7, 11) is 0. The first kappa shape index (κ1) is 16.9. The maximum atomic E-state index is 12.2. The van der Waals surface area contributed by atoms with Crippen LogP contribution in [0.2, 0.25) is 0 Å². The summed E-state index contributed by atoms with van der Waals surface area (Å²) in [6.45, 7) is 2.09. The highest BCUT2D eigenvalue weighted by Crippen LogP contribution is 2.35. The quantitative estimate of drug-likeness (QED) is 0.854. The van der Waals surface area contributed by atoms with Crippen LogP contribution in [0.5, 0.6) is 0 Å². The van der Waals surface area contributed by atoms with E-state index < -0.39 is 0 Å². The van der Waals surface area contributed by atoms with Crippen LogP contribution in [0.15, 0.2) is 70.8 Å². The highest BCUT2D eigenvalue weighted by atomic mass is 16.1. The van der Waals surface area contributed by atoms with E-state index in [1.54, 1.807) is 0 Å². The van der Waals surface area contributed by atoms with Crippen LogP contribution in [-0.2, 0) is 0 Å². The summed E-state index contributed by atoms with van der Waals surface area (Å²) in [6, 6.07) is 16.6. The van der Waals surface area contributed by atoms with Crippen molar-refractivity contribution in [1.29, 1.82) is 0 Å². The van der Waals surface area contributed by atoms with Crippen molar-refractivity contribution in [3.63, 3.8) is 0 Å². The van der Waals surface area contributed by atoms with Gasteiger partial charge in [0, 0.05) is 24.0 Å². The van der Waals surface area contributed by atoms with Crippen molar-refractivity contribution < 1.29 is 4.79 Å². The van der Waals surface area contributed by atoms with Crippen LogP contribution >= 0.6 is 0 Å². The van der Waals surface area contributed by atoms with Crippen LogP contribution < -0.4 is 5.32 Å². The van der Waals surface area contributed by atoms with E-state index >= 15 is 0 Å². The molecule has 2 aliphatic heterocycles. The van der Waals surface area contributed by atoms with E-state index in [9.17, 15) is 4.79 Å². The molecule has 3 aliphatic rings. The van der Waals surface area contributed by atoms with E-state index in [-0.39, 0.29) is 11.8 Å². The Bertz CT molecular complexity index is 1050. The Morgan fingerprint density at radius 2 is 1.71 bits per heavy atom. The average Bonchev–Trinajstić information content (AvgIpc) is 3.44. The molecule has 1 saturated carbocycles. The van der Waals surface area contributed by atoms with Crippen LogP contribution in [0.3, 0.4) is 0 Å². The summed E-state index contributed by atoms with van der Waals surface area (Å²) in [5.74, 6) is 0.123. The number of nitrogens with one attached hydrogen (secondary N) is 1. The largest absolute Gasteiger partial charge is 0.349 e. The fourth-order valence-corrected chi connectivity index (χ4v) is 3.55. The molecule has 0 saturated heterocycles. The van der Waals surface area contributed by atoms with E-state index in [0.717, 1.165) is 29.8 Å². The van der Waals surface area contributed by atoms with Crippen LogP contribution in [0.1, 0.15) is 39.9 Å². The number of carbonyl (C=O) groups excluding carboxylic acids is 1. The Hall–Kier alpha value is -3.27. The van der Waals surface area contributed by atoms with Gasteiger partial charge in [0.15, 0.2) is 0 Å². The molecule has 0 aromatic heterocycles. The van der Waals surface area contributed by atoms with Crippen molar-refractivity contribution in [1.82, 2.24) is 5.32 Å². The number of rotatable bonds is 4. The number of fused-ring (bicyclic) bond motifs is 1. The highest BCUT2D eigenvalue weighted by Gasteiger charge is 2.27. The number of amides is 1. The number of aliphatic imine (C=N–C) groups is 2. The topological polar surface area (TPSA) is 53.8 Å². The SMILES string of the molecule is Cc1ccc(C2=CN=C3C=NC(c4ccc(C(=O)NC5CC5)cc4)=CC23)cc1. The van der Waals surface area contributed by atoms with Gasteiger partial charge >= 0.3 is 0 Å². The number of carbonyl (C=O) groups is 1. The fraction of sp³-hybridized carbons (Fsp3) is 0.208. The molecule has 0 bridgehead atoms. The van der Waals surface area contributed by atoms with Crippen LogP contribution in [-0.4, -0.2) is 23.9 Å². The second kappa shape index (κ2) is 6.71. The van der Waals surface area contributed by atoms with Crippen molar-refractivity contribution in [3.05, 3.63) is 83.1 Å². The minimum atomic E-state index is 0.00461. The van der Waals surface area contributed by atoms with Gasteiger partial charge in [-0.1, -0.05) is 42.0 Å². The maximum absolute atomic E-state index is 12.2. The van der Waals surface area contributed by atoms with E-state index in [0.29, 0.717) is 11.6 Å². The highest BCUT2D eigenvalue weighted by molar-refractivity contribution is 6.38. The van der Waals surface area contributed by atoms with Crippen molar-refractivity contribution in [3.8, 4) is 0 Å². The fourth-order valence-electron chi connectivity index (χ4n) is 3.55. The number of nitrogens with zero attached hydrogens (tertiary/aromatic N) is 2. The monoisotopic (exact) mass is 367 g/mol. The molecule has 1 fully saturated rings. The lowest BCUT2D eigenvalue weighted by Gasteiger charge is -2.17. The van der Waals surface area contributed by atoms with Crippen LogP contribution in [0.25, 0.3) is 11.3 Å². The van der Waals surface area contributed by atoms with Gasteiger partial charge in [-0.15, -0.1) is 0 Å². The normalized spacial score (nSPS) is 20.2. The smallest absolute Gasteiger partial charge is 0.251 e. The summed E-state index contributed by atoms with van der Waals surface area (Å²) >= 11 is 0. The molecule has 2 aromatic carbocycles. The van der Waals surface area contributed by atoms with Gasteiger partial charge in [-0.3, -0.25) is 14.8 Å². The molecule has 0 spiro atoms. The van der Waals surface area contributed by atoms with Crippen molar-refractivity contribution in [2.75, 3.05) is 0 Å². The van der Waals surface area contributed by atoms with Gasteiger partial charge in [-0.05, 0) is 54.7 Å². The van der Waals surface area contributed by atoms with Crippen molar-refractivity contribution in [2.45, 2.75) is 25.8 Å². The molecule has 1 amide bonds. The van der Waals surface area contributed by atoms with E-state index in [4.69, 9.17) is 0 Å². The molecule has 1 aliphatic carbocycles. The lowest BCUT2D eigenvalue weighted by atomic mass is 9.88. The second-order valence-electron chi connectivity index (χ2n) is 7.62. The zero-order valence-corrected chi connectivity index (χ0v) is 15.7. The summed E-state index contributed by atoms with van der Waals surface area (Å²) in [5, 5.41) is 3.02. The standard InChI is InChI=1S/C24H21N3O/c1-15-2-4-16(5-3-15)21-13-25-23-14-26-22(12-20(21)23)17-6-8-18(9-7-17)24(28)27-19-10-11-19/h2-9,12-14,19-20H,10-11H2,1H3,(H,27,28). The number of hydrogen-bond donors (Lipinski definition) is 1. The summed E-state index contributed by atoms with van der Waals surface area (Å²) in [6.07, 6.45) is 8.14. The summed E-state index contributed by atoms with van der Waals surface area (Å²) in [4.78, 5) is 21.3. The number of allylic oxidation sites excluding steroid dienone is 2. The molecule has 5 rings (SSSR count). The average molecular weight is 367 g/mol. The molecular weight excluding hydrogens is 346 g/mol. The molecule has 1 unspecified atom stereocenters. The Labute approximate surface area is 164 Å². The van der Waals surface area contributed by atoms with Crippen molar-refractivity contribution in [2.24, 2.45) is 15.9 Å². The molecule has 138 valence electrons. The minimum Gasteiger partial charge on any atom is -0.349 e. The van der Waals surface area contributed by atoms with Gasteiger partial charge in [0.25, 0.3) is 5.91 Å². The maximum Gasteiger partial charge on any atom is 0.251 e. The molecule has 2 aromatic rings. The van der Waals surface area contributed by atoms with E-state index in [1.165, 1.54) is 16.7 Å². The second-order valence-corrected chi connectivity index (χ2v) is 7.62. The van der Waals surface area contributed by atoms with Gasteiger partial charge in [0.2, 0.25) is 0 Å². The third kappa shape index (κ3) is 3.22. The molecule has 4 nitrogen and oxygen atoms in total. The summed E-state index contributed by atoms with van der Waals surface area (Å²) in [5.41, 5.74) is 7.22. The third-order valence-electron chi connectivity index (χ3n) is 5.41. The van der Waals surface area contributed by atoms with Gasteiger partial charge in [-0.25, -0.2) is 0 Å². The molecular formula is C24H21N3O. The number of aryl methyl sites for hydroxylation is 1. The van der Waals surface area contributed by atoms with E-state index in [2.05, 4.69) is 52.6 Å². The molecule has 1 atom stereocenters. The van der Waals surface area contributed by atoms with E-state index in [1.807, 2.05) is 36.7 Å². The van der Waals surface area contributed by atoms with Crippen LogP contribution in [0.4, 0.5) is 0 Å². The lowest BCUT2D eigenvalue weighted by molar-refractivity contribution is 0.0951. The summed E-state index contributed by atoms with van der Waals surface area (Å²) < 4.78 is 0. The zero-order chi connectivity index (χ0) is 19.1. The Morgan fingerprint density at radius 3 is 2.43 bits per heavy atom.